The van der Waals surface area contributed by atoms with Gasteiger partial charge in [0, 0.05) is 38.4 Å². The largest absolute Gasteiger partial charge is 0.456 e. The summed E-state index contributed by atoms with van der Waals surface area (Å²) in [4.78, 5) is 33.4. The van der Waals surface area contributed by atoms with E-state index in [-0.39, 0.29) is 11.8 Å². The quantitative estimate of drug-likeness (QED) is 0.497. The van der Waals surface area contributed by atoms with Crippen molar-refractivity contribution in [2.75, 3.05) is 24.5 Å². The van der Waals surface area contributed by atoms with E-state index in [9.17, 15) is 9.59 Å². The highest BCUT2D eigenvalue weighted by Gasteiger charge is 2.19. The summed E-state index contributed by atoms with van der Waals surface area (Å²) in [7, 11) is 0. The molecule has 0 aliphatic carbocycles. The summed E-state index contributed by atoms with van der Waals surface area (Å²) >= 11 is 0. The first kappa shape index (κ1) is 26.4. The van der Waals surface area contributed by atoms with Gasteiger partial charge >= 0.3 is 0 Å². The molecule has 0 saturated carbocycles. The van der Waals surface area contributed by atoms with E-state index in [0.29, 0.717) is 25.4 Å². The second-order valence-electron chi connectivity index (χ2n) is 9.49. The van der Waals surface area contributed by atoms with Crippen molar-refractivity contribution >= 4 is 17.5 Å². The summed E-state index contributed by atoms with van der Waals surface area (Å²) in [6.07, 6.45) is 8.83. The zero-order chi connectivity index (χ0) is 25.9. The Labute approximate surface area is 219 Å². The molecule has 0 saturated heterocycles. The highest BCUT2D eigenvalue weighted by Crippen LogP contribution is 2.24. The topological polar surface area (TPSA) is 74.8 Å². The minimum Gasteiger partial charge on any atom is -0.456 e. The molecule has 2 amide bonds. The fraction of sp³-hybridized carbons (Fsp3) is 0.367. The summed E-state index contributed by atoms with van der Waals surface area (Å²) in [5.74, 6) is 1.46. The summed E-state index contributed by atoms with van der Waals surface area (Å²) in [5.41, 5.74) is 3.04. The maximum Gasteiger partial charge on any atom is 0.234 e. The average Bonchev–Trinajstić information content (AvgIpc) is 2.90. The second-order valence-corrected chi connectivity index (χ2v) is 9.49. The predicted molar refractivity (Wildman–Crippen MR) is 145 cm³/mol. The van der Waals surface area contributed by atoms with E-state index in [1.54, 1.807) is 19.3 Å². The number of benzene rings is 2. The van der Waals surface area contributed by atoms with E-state index < -0.39 is 0 Å². The van der Waals surface area contributed by atoms with E-state index >= 15 is 0 Å². The first-order valence-electron chi connectivity index (χ1n) is 13.1. The number of carbonyl (C=O) groups is 2. The van der Waals surface area contributed by atoms with Crippen LogP contribution in [0, 0.1) is 0 Å². The van der Waals surface area contributed by atoms with Gasteiger partial charge in [-0.1, -0.05) is 49.6 Å². The van der Waals surface area contributed by atoms with Crippen LogP contribution in [0.3, 0.4) is 0 Å². The van der Waals surface area contributed by atoms with Gasteiger partial charge in [0.1, 0.15) is 11.5 Å². The molecule has 1 aliphatic rings. The molecule has 194 valence electrons. The van der Waals surface area contributed by atoms with Gasteiger partial charge in [-0.15, -0.1) is 0 Å². The lowest BCUT2D eigenvalue weighted by molar-refractivity contribution is -0.122. The van der Waals surface area contributed by atoms with Crippen LogP contribution in [-0.2, 0) is 22.7 Å². The first-order valence-corrected chi connectivity index (χ1v) is 13.1. The first-order chi connectivity index (χ1) is 18.1. The third-order valence-electron chi connectivity index (χ3n) is 6.56. The smallest absolute Gasteiger partial charge is 0.234 e. The molecule has 0 spiro atoms. The molecule has 2 heterocycles. The van der Waals surface area contributed by atoms with Gasteiger partial charge in [-0.05, 0) is 60.8 Å². The Morgan fingerprint density at radius 2 is 1.65 bits per heavy atom. The van der Waals surface area contributed by atoms with Crippen molar-refractivity contribution in [3.05, 3.63) is 84.2 Å². The number of ether oxygens (including phenoxy) is 1. The van der Waals surface area contributed by atoms with E-state index in [2.05, 4.69) is 21.3 Å². The monoisotopic (exact) mass is 500 g/mol. The minimum atomic E-state index is -0.0105. The Balaban J connectivity index is 1.36. The third-order valence-corrected chi connectivity index (χ3v) is 6.56. The maximum atomic E-state index is 12.9. The Morgan fingerprint density at radius 1 is 0.892 bits per heavy atom. The molecule has 1 N–H and O–H groups in total. The van der Waals surface area contributed by atoms with E-state index in [0.717, 1.165) is 67.8 Å². The number of carbonyl (C=O) groups excluding carboxylic acids is 2. The van der Waals surface area contributed by atoms with Gasteiger partial charge in [0.05, 0.1) is 12.7 Å². The third kappa shape index (κ3) is 8.15. The van der Waals surface area contributed by atoms with Gasteiger partial charge in [0.25, 0.3) is 0 Å². The van der Waals surface area contributed by atoms with Crippen LogP contribution in [0.25, 0.3) is 0 Å². The van der Waals surface area contributed by atoms with Gasteiger partial charge in [-0.2, -0.15) is 0 Å². The summed E-state index contributed by atoms with van der Waals surface area (Å²) in [6.45, 7) is 4.62. The van der Waals surface area contributed by atoms with Crippen molar-refractivity contribution in [2.24, 2.45) is 0 Å². The number of anilines is 1. The average molecular weight is 501 g/mol. The van der Waals surface area contributed by atoms with Gasteiger partial charge in [-0.3, -0.25) is 19.5 Å². The van der Waals surface area contributed by atoms with Gasteiger partial charge < -0.3 is 15.0 Å². The minimum absolute atomic E-state index is 0.0105. The molecular weight excluding hydrogens is 464 g/mol. The molecule has 0 fully saturated rings. The molecule has 7 nitrogen and oxygen atoms in total. The fourth-order valence-electron chi connectivity index (χ4n) is 4.62. The Bertz CT molecular complexity index is 1150. The van der Waals surface area contributed by atoms with Gasteiger partial charge in [0.15, 0.2) is 0 Å². The van der Waals surface area contributed by atoms with Crippen molar-refractivity contribution < 1.29 is 14.3 Å². The lowest BCUT2D eigenvalue weighted by Crippen LogP contribution is -2.38. The molecule has 1 aromatic heterocycles. The van der Waals surface area contributed by atoms with Crippen LogP contribution in [0.2, 0.25) is 0 Å². The van der Waals surface area contributed by atoms with Gasteiger partial charge in [0.2, 0.25) is 11.8 Å². The number of hydrogen-bond acceptors (Lipinski definition) is 5. The molecular formula is C30H36N4O3. The maximum absolute atomic E-state index is 12.9. The lowest BCUT2D eigenvalue weighted by Gasteiger charge is -2.28. The molecule has 2 aromatic carbocycles. The second kappa shape index (κ2) is 13.6. The number of nitrogens with zero attached hydrogens (tertiary/aromatic N) is 3. The Kier molecular flexibility index (Phi) is 9.66. The van der Waals surface area contributed by atoms with Crippen molar-refractivity contribution in [1.29, 1.82) is 0 Å². The van der Waals surface area contributed by atoms with E-state index in [4.69, 9.17) is 4.74 Å². The summed E-state index contributed by atoms with van der Waals surface area (Å²) in [5, 5.41) is 3.06. The number of nitrogens with one attached hydrogen (secondary N) is 1. The van der Waals surface area contributed by atoms with Crippen molar-refractivity contribution in [1.82, 2.24) is 15.2 Å². The SMILES string of the molecule is CC(=O)N1CCCCCCCN(CC(=O)NCc2ccc(Oc3cccnc3)cc2)Cc2ccccc21. The normalized spacial score (nSPS) is 15.1. The highest BCUT2D eigenvalue weighted by atomic mass is 16.5. The molecule has 1 aliphatic heterocycles. The number of amides is 2. The number of hydrogen-bond donors (Lipinski definition) is 1. The molecule has 3 aromatic rings. The number of para-hydroxylation sites is 1. The van der Waals surface area contributed by atoms with Crippen LogP contribution in [0.15, 0.2) is 73.1 Å². The molecule has 0 atom stereocenters. The zero-order valence-corrected chi connectivity index (χ0v) is 21.6. The Hall–Kier alpha value is -3.71. The number of rotatable bonds is 6. The summed E-state index contributed by atoms with van der Waals surface area (Å²) < 4.78 is 5.79. The van der Waals surface area contributed by atoms with Crippen LogP contribution in [0.1, 0.15) is 50.2 Å². The van der Waals surface area contributed by atoms with Crippen molar-refractivity contribution in [3.8, 4) is 11.5 Å². The standard InChI is InChI=1S/C30H36N4O3/c1-24(35)34-19-8-4-2-3-7-18-33(22-26-10-5-6-12-29(26)34)23-30(36)32-20-25-13-15-27(16-14-25)37-28-11-9-17-31-21-28/h5-6,9-17,21H,2-4,7-8,18-20,22-23H2,1H3,(H,32,36). The van der Waals surface area contributed by atoms with Crippen molar-refractivity contribution in [2.45, 2.75) is 52.1 Å². The lowest BCUT2D eigenvalue weighted by atomic mass is 10.1. The molecule has 0 unspecified atom stereocenters. The van der Waals surface area contributed by atoms with E-state index in [1.165, 1.54) is 0 Å². The number of fused-ring (bicyclic) bond motifs is 1. The van der Waals surface area contributed by atoms with Gasteiger partial charge in [-0.25, -0.2) is 0 Å². The molecule has 37 heavy (non-hydrogen) atoms. The molecule has 4 rings (SSSR count). The van der Waals surface area contributed by atoms with Crippen LogP contribution < -0.4 is 15.0 Å². The van der Waals surface area contributed by atoms with Crippen LogP contribution in [0.5, 0.6) is 11.5 Å². The molecule has 0 radical (unpaired) electrons. The number of pyridine rings is 1. The van der Waals surface area contributed by atoms with Crippen molar-refractivity contribution in [3.63, 3.8) is 0 Å². The van der Waals surface area contributed by atoms with Crippen LogP contribution >= 0.6 is 0 Å². The number of aromatic nitrogens is 1. The van der Waals surface area contributed by atoms with E-state index in [1.807, 2.05) is 59.5 Å². The molecule has 7 heteroatoms. The Morgan fingerprint density at radius 3 is 2.41 bits per heavy atom. The van der Waals surface area contributed by atoms with Crippen LogP contribution in [-0.4, -0.2) is 41.3 Å². The fourth-order valence-corrected chi connectivity index (χ4v) is 4.62. The summed E-state index contributed by atoms with van der Waals surface area (Å²) in [6, 6.07) is 19.4. The predicted octanol–water partition coefficient (Wildman–Crippen LogP) is 5.31. The zero-order valence-electron chi connectivity index (χ0n) is 21.6. The molecule has 0 bridgehead atoms. The highest BCUT2D eigenvalue weighted by molar-refractivity contribution is 5.92. The van der Waals surface area contributed by atoms with Crippen LogP contribution in [0.4, 0.5) is 5.69 Å².